The van der Waals surface area contributed by atoms with Gasteiger partial charge in [0, 0.05) is 23.5 Å². The highest BCUT2D eigenvalue weighted by atomic mass is 16.2. The van der Waals surface area contributed by atoms with Gasteiger partial charge in [-0.2, -0.15) is 0 Å². The van der Waals surface area contributed by atoms with Crippen LogP contribution in [0.25, 0.3) is 0 Å². The van der Waals surface area contributed by atoms with Crippen molar-refractivity contribution in [3.8, 4) is 0 Å². The van der Waals surface area contributed by atoms with Gasteiger partial charge in [-0.15, -0.1) is 0 Å². The molecule has 27 heavy (non-hydrogen) atoms. The zero-order valence-corrected chi connectivity index (χ0v) is 16.3. The number of benzene rings is 2. The summed E-state index contributed by atoms with van der Waals surface area (Å²) in [6.07, 6.45) is 0. The Hall–Kier alpha value is -2.86. The Morgan fingerprint density at radius 2 is 1.74 bits per heavy atom. The number of nitrogens with one attached hydrogen (secondary N) is 3. The Balaban J connectivity index is 2.13. The van der Waals surface area contributed by atoms with Crippen LogP contribution in [0.3, 0.4) is 0 Å². The van der Waals surface area contributed by atoms with Crippen LogP contribution in [0, 0.1) is 12.8 Å². The first kappa shape index (κ1) is 20.5. The Bertz CT molecular complexity index is 805. The zero-order valence-electron chi connectivity index (χ0n) is 16.3. The molecular formula is C21H28N4O2. The van der Waals surface area contributed by atoms with E-state index in [0.717, 1.165) is 5.56 Å². The molecule has 6 heteroatoms. The molecule has 2 rings (SSSR count). The second kappa shape index (κ2) is 8.68. The second-order valence-corrected chi connectivity index (χ2v) is 7.21. The third kappa shape index (κ3) is 5.31. The summed E-state index contributed by atoms with van der Waals surface area (Å²) in [5.41, 5.74) is 7.95. The largest absolute Gasteiger partial charge is 0.345 e. The van der Waals surface area contributed by atoms with Crippen LogP contribution < -0.4 is 21.7 Å². The van der Waals surface area contributed by atoms with Crippen molar-refractivity contribution in [2.75, 3.05) is 17.2 Å². The third-order valence-electron chi connectivity index (χ3n) is 4.88. The number of carbonyl (C=O) groups is 2. The lowest BCUT2D eigenvalue weighted by molar-refractivity contribution is 0.0883. The number of hydrogen-bond donors (Lipinski definition) is 4. The van der Waals surface area contributed by atoms with Crippen LogP contribution in [-0.4, -0.2) is 24.0 Å². The van der Waals surface area contributed by atoms with Gasteiger partial charge in [-0.3, -0.25) is 4.79 Å². The third-order valence-corrected chi connectivity index (χ3v) is 4.88. The van der Waals surface area contributed by atoms with Gasteiger partial charge in [-0.1, -0.05) is 38.1 Å². The number of amides is 3. The first-order chi connectivity index (χ1) is 12.7. The van der Waals surface area contributed by atoms with E-state index in [0.29, 0.717) is 23.5 Å². The van der Waals surface area contributed by atoms with E-state index in [1.54, 1.807) is 24.3 Å². The van der Waals surface area contributed by atoms with E-state index in [-0.39, 0.29) is 17.9 Å². The molecule has 0 radical (unpaired) electrons. The van der Waals surface area contributed by atoms with Crippen molar-refractivity contribution < 1.29 is 9.59 Å². The van der Waals surface area contributed by atoms with Crippen molar-refractivity contribution in [3.05, 3.63) is 59.7 Å². The van der Waals surface area contributed by atoms with Crippen LogP contribution in [0.1, 0.15) is 36.7 Å². The summed E-state index contributed by atoms with van der Waals surface area (Å²) in [5.74, 6) is -0.0330. The monoisotopic (exact) mass is 368 g/mol. The highest BCUT2D eigenvalue weighted by molar-refractivity contribution is 6.02. The molecule has 0 aliphatic carbocycles. The molecule has 0 fully saturated rings. The van der Waals surface area contributed by atoms with Gasteiger partial charge in [0.15, 0.2) is 0 Å². The van der Waals surface area contributed by atoms with Gasteiger partial charge in [0.1, 0.15) is 0 Å². The number of nitrogens with two attached hydrogens (primary N) is 1. The predicted octanol–water partition coefficient (Wildman–Crippen LogP) is 3.74. The lowest BCUT2D eigenvalue weighted by atomic mass is 9.88. The lowest BCUT2D eigenvalue weighted by Crippen LogP contribution is -2.55. The van der Waals surface area contributed by atoms with Crippen molar-refractivity contribution >= 4 is 23.3 Å². The minimum atomic E-state index is -0.500. The Kier molecular flexibility index (Phi) is 6.58. The number of urea groups is 1. The molecule has 0 bridgehead atoms. The average Bonchev–Trinajstić information content (AvgIpc) is 2.63. The SMILES string of the molecule is Cc1ccc(C(=O)NC(C)(CN)C(C)C)cc1NC(=O)Nc1ccccc1. The van der Waals surface area contributed by atoms with Crippen molar-refractivity contribution in [2.45, 2.75) is 33.2 Å². The van der Waals surface area contributed by atoms with Gasteiger partial charge >= 0.3 is 6.03 Å². The summed E-state index contributed by atoms with van der Waals surface area (Å²) in [6, 6.07) is 14.0. The summed E-state index contributed by atoms with van der Waals surface area (Å²) < 4.78 is 0. The van der Waals surface area contributed by atoms with Crippen molar-refractivity contribution in [3.63, 3.8) is 0 Å². The van der Waals surface area contributed by atoms with E-state index in [1.807, 2.05) is 52.0 Å². The number of hydrogen-bond acceptors (Lipinski definition) is 3. The summed E-state index contributed by atoms with van der Waals surface area (Å²) >= 11 is 0. The van der Waals surface area contributed by atoms with Crippen molar-refractivity contribution in [1.29, 1.82) is 0 Å². The molecule has 0 saturated heterocycles. The highest BCUT2D eigenvalue weighted by Crippen LogP contribution is 2.20. The van der Waals surface area contributed by atoms with Gasteiger partial charge in [-0.05, 0) is 49.6 Å². The Morgan fingerprint density at radius 1 is 1.07 bits per heavy atom. The molecule has 0 saturated carbocycles. The molecule has 2 aromatic rings. The fraction of sp³-hybridized carbons (Fsp3) is 0.333. The Morgan fingerprint density at radius 3 is 2.33 bits per heavy atom. The van der Waals surface area contributed by atoms with Gasteiger partial charge in [-0.25, -0.2) is 4.79 Å². The normalized spacial score (nSPS) is 13.0. The highest BCUT2D eigenvalue weighted by Gasteiger charge is 2.29. The molecule has 2 aromatic carbocycles. The molecule has 0 aliphatic rings. The molecule has 1 unspecified atom stereocenters. The topological polar surface area (TPSA) is 96.2 Å². The van der Waals surface area contributed by atoms with Crippen molar-refractivity contribution in [2.24, 2.45) is 11.7 Å². The molecule has 144 valence electrons. The van der Waals surface area contributed by atoms with Crippen LogP contribution in [0.15, 0.2) is 48.5 Å². The molecule has 0 aliphatic heterocycles. The molecule has 0 heterocycles. The minimum Gasteiger partial charge on any atom is -0.345 e. The summed E-state index contributed by atoms with van der Waals surface area (Å²) in [6.45, 7) is 8.17. The lowest BCUT2D eigenvalue weighted by Gasteiger charge is -2.33. The first-order valence-electron chi connectivity index (χ1n) is 9.01. The maximum absolute atomic E-state index is 12.7. The van der Waals surface area contributed by atoms with Crippen molar-refractivity contribution in [1.82, 2.24) is 5.32 Å². The van der Waals surface area contributed by atoms with E-state index >= 15 is 0 Å². The molecule has 5 N–H and O–H groups in total. The second-order valence-electron chi connectivity index (χ2n) is 7.21. The number of rotatable bonds is 6. The van der Waals surface area contributed by atoms with Gasteiger partial charge in [0.2, 0.25) is 0 Å². The summed E-state index contributed by atoms with van der Waals surface area (Å²) in [4.78, 5) is 24.9. The van der Waals surface area contributed by atoms with Crippen LogP contribution in [0.2, 0.25) is 0 Å². The van der Waals surface area contributed by atoms with Gasteiger partial charge in [0.25, 0.3) is 5.91 Å². The maximum Gasteiger partial charge on any atom is 0.323 e. The van der Waals surface area contributed by atoms with E-state index in [2.05, 4.69) is 16.0 Å². The zero-order chi connectivity index (χ0) is 20.0. The number of carbonyl (C=O) groups excluding carboxylic acids is 2. The average molecular weight is 368 g/mol. The molecule has 6 nitrogen and oxygen atoms in total. The molecule has 1 atom stereocenters. The fourth-order valence-electron chi connectivity index (χ4n) is 2.47. The van der Waals surface area contributed by atoms with Crippen LogP contribution >= 0.6 is 0 Å². The summed E-state index contributed by atoms with van der Waals surface area (Å²) in [5, 5.41) is 8.57. The number of anilines is 2. The minimum absolute atomic E-state index is 0.186. The molecule has 0 spiro atoms. The van der Waals surface area contributed by atoms with E-state index in [9.17, 15) is 9.59 Å². The molecule has 0 aromatic heterocycles. The van der Waals surface area contributed by atoms with Crippen LogP contribution in [0.4, 0.5) is 16.2 Å². The fourth-order valence-corrected chi connectivity index (χ4v) is 2.47. The van der Waals surface area contributed by atoms with E-state index in [1.165, 1.54) is 0 Å². The predicted molar refractivity (Wildman–Crippen MR) is 110 cm³/mol. The molecule has 3 amide bonds. The number of aryl methyl sites for hydroxylation is 1. The van der Waals surface area contributed by atoms with E-state index in [4.69, 9.17) is 5.73 Å². The van der Waals surface area contributed by atoms with Crippen LogP contribution in [-0.2, 0) is 0 Å². The number of para-hydroxylation sites is 1. The standard InChI is InChI=1S/C21H28N4O2/c1-14(2)21(4,13-22)25-19(26)16-11-10-15(3)18(12-16)24-20(27)23-17-8-6-5-7-9-17/h5-12,14H,13,22H2,1-4H3,(H,25,26)(H2,23,24,27). The van der Waals surface area contributed by atoms with Gasteiger partial charge in [0.05, 0.1) is 5.54 Å². The maximum atomic E-state index is 12.7. The molecular weight excluding hydrogens is 340 g/mol. The van der Waals surface area contributed by atoms with Crippen LogP contribution in [0.5, 0.6) is 0 Å². The van der Waals surface area contributed by atoms with Gasteiger partial charge < -0.3 is 21.7 Å². The first-order valence-corrected chi connectivity index (χ1v) is 9.01. The smallest absolute Gasteiger partial charge is 0.323 e. The quantitative estimate of drug-likeness (QED) is 0.625. The Labute approximate surface area is 160 Å². The van der Waals surface area contributed by atoms with E-state index < -0.39 is 5.54 Å². The summed E-state index contributed by atoms with van der Waals surface area (Å²) in [7, 11) is 0.